The van der Waals surface area contributed by atoms with Crippen molar-refractivity contribution >= 4 is 35.0 Å². The normalized spacial score (nSPS) is 16.5. The van der Waals surface area contributed by atoms with Gasteiger partial charge in [0.2, 0.25) is 0 Å². The third kappa shape index (κ3) is 3.55. The number of hydrogen-bond donors (Lipinski definition) is 0. The van der Waals surface area contributed by atoms with Crippen LogP contribution in [0.25, 0.3) is 0 Å². The molecular weight excluding hydrogens is 449 g/mol. The molecule has 0 bridgehead atoms. The van der Waals surface area contributed by atoms with Gasteiger partial charge in [0.25, 0.3) is 11.8 Å². The minimum atomic E-state index is -0.139. The Hall–Kier alpha value is -2.90. The standard InChI is InChI=1S/C23H21Cl2N5O2/c1-14(15-4-7-26-8-5-15)29-10-11-30-21(23(29)32)17-13-28(9-6-20(17)27-30)22(31)16-2-3-18(24)19(25)12-16/h2-5,7-8,12,14H,6,9-11,13H2,1H3. The summed E-state index contributed by atoms with van der Waals surface area (Å²) in [6.45, 7) is 4.11. The van der Waals surface area contributed by atoms with E-state index in [0.29, 0.717) is 53.9 Å². The second kappa shape index (κ2) is 8.22. The van der Waals surface area contributed by atoms with E-state index in [9.17, 15) is 9.59 Å². The molecule has 1 atom stereocenters. The van der Waals surface area contributed by atoms with Gasteiger partial charge < -0.3 is 9.80 Å². The first kappa shape index (κ1) is 21.0. The average molecular weight is 470 g/mol. The minimum Gasteiger partial charge on any atom is -0.334 e. The summed E-state index contributed by atoms with van der Waals surface area (Å²) in [6, 6.07) is 8.65. The molecule has 7 nitrogen and oxygen atoms in total. The highest BCUT2D eigenvalue weighted by molar-refractivity contribution is 6.42. The van der Waals surface area contributed by atoms with Gasteiger partial charge in [-0.2, -0.15) is 5.10 Å². The van der Waals surface area contributed by atoms with E-state index in [1.54, 1.807) is 40.2 Å². The van der Waals surface area contributed by atoms with Crippen molar-refractivity contribution in [2.24, 2.45) is 0 Å². The number of pyridine rings is 1. The molecule has 0 radical (unpaired) electrons. The maximum absolute atomic E-state index is 13.5. The van der Waals surface area contributed by atoms with E-state index in [0.717, 1.165) is 16.8 Å². The molecule has 2 aliphatic heterocycles. The van der Waals surface area contributed by atoms with Crippen LogP contribution in [0.3, 0.4) is 0 Å². The maximum Gasteiger partial charge on any atom is 0.273 e. The van der Waals surface area contributed by atoms with Gasteiger partial charge in [0.15, 0.2) is 0 Å². The summed E-state index contributed by atoms with van der Waals surface area (Å²) in [5, 5.41) is 5.43. The molecule has 32 heavy (non-hydrogen) atoms. The lowest BCUT2D eigenvalue weighted by molar-refractivity contribution is 0.0616. The molecule has 3 aromatic rings. The Morgan fingerprint density at radius 3 is 2.59 bits per heavy atom. The number of halogens is 2. The van der Waals surface area contributed by atoms with Crippen molar-refractivity contribution in [1.82, 2.24) is 24.6 Å². The Kier molecular flexibility index (Phi) is 5.39. The highest BCUT2D eigenvalue weighted by Crippen LogP contribution is 2.31. The van der Waals surface area contributed by atoms with Crippen LogP contribution in [0.5, 0.6) is 0 Å². The smallest absolute Gasteiger partial charge is 0.273 e. The van der Waals surface area contributed by atoms with Crippen LogP contribution in [0.1, 0.15) is 50.6 Å². The minimum absolute atomic E-state index is 0.0573. The summed E-state index contributed by atoms with van der Waals surface area (Å²) in [4.78, 5) is 34.3. The third-order valence-corrected chi connectivity index (χ3v) is 6.97. The first-order valence-corrected chi connectivity index (χ1v) is 11.2. The lowest BCUT2D eigenvalue weighted by Crippen LogP contribution is -2.43. The highest BCUT2D eigenvalue weighted by Gasteiger charge is 2.36. The number of rotatable bonds is 3. The van der Waals surface area contributed by atoms with Gasteiger partial charge in [-0.3, -0.25) is 19.3 Å². The van der Waals surface area contributed by atoms with Crippen molar-refractivity contribution in [2.75, 3.05) is 13.1 Å². The summed E-state index contributed by atoms with van der Waals surface area (Å²) in [5.74, 6) is -0.197. The Morgan fingerprint density at radius 1 is 1.06 bits per heavy atom. The predicted octanol–water partition coefficient (Wildman–Crippen LogP) is 4.00. The fourth-order valence-electron chi connectivity index (χ4n) is 4.44. The molecule has 164 valence electrons. The summed E-state index contributed by atoms with van der Waals surface area (Å²) in [7, 11) is 0. The number of amides is 2. The molecule has 0 spiro atoms. The lowest BCUT2D eigenvalue weighted by atomic mass is 10.0. The second-order valence-corrected chi connectivity index (χ2v) is 8.87. The molecular formula is C23H21Cl2N5O2. The largest absolute Gasteiger partial charge is 0.334 e. The first-order chi connectivity index (χ1) is 15.4. The molecule has 0 fully saturated rings. The van der Waals surface area contributed by atoms with Crippen molar-refractivity contribution < 1.29 is 9.59 Å². The van der Waals surface area contributed by atoms with Gasteiger partial charge in [-0.15, -0.1) is 0 Å². The van der Waals surface area contributed by atoms with Crippen LogP contribution in [-0.4, -0.2) is 49.5 Å². The van der Waals surface area contributed by atoms with E-state index in [2.05, 4.69) is 10.1 Å². The van der Waals surface area contributed by atoms with Crippen molar-refractivity contribution in [2.45, 2.75) is 32.5 Å². The number of carbonyl (C=O) groups is 2. The Balaban J connectivity index is 1.42. The molecule has 0 aliphatic carbocycles. The zero-order valence-corrected chi connectivity index (χ0v) is 19.0. The van der Waals surface area contributed by atoms with Crippen molar-refractivity contribution in [3.63, 3.8) is 0 Å². The monoisotopic (exact) mass is 469 g/mol. The van der Waals surface area contributed by atoms with Crippen molar-refractivity contribution in [3.05, 3.63) is 80.8 Å². The Labute approximate surface area is 195 Å². The highest BCUT2D eigenvalue weighted by atomic mass is 35.5. The van der Waals surface area contributed by atoms with E-state index in [4.69, 9.17) is 23.2 Å². The zero-order valence-electron chi connectivity index (χ0n) is 17.5. The number of fused-ring (bicyclic) bond motifs is 3. The van der Waals surface area contributed by atoms with Gasteiger partial charge >= 0.3 is 0 Å². The molecule has 4 heterocycles. The number of nitrogens with zero attached hydrogens (tertiary/aromatic N) is 5. The van der Waals surface area contributed by atoms with Crippen LogP contribution in [0.4, 0.5) is 0 Å². The van der Waals surface area contributed by atoms with Gasteiger partial charge in [-0.25, -0.2) is 0 Å². The molecule has 0 saturated heterocycles. The van der Waals surface area contributed by atoms with Gasteiger partial charge in [0.05, 0.1) is 34.9 Å². The van der Waals surface area contributed by atoms with E-state index >= 15 is 0 Å². The summed E-state index contributed by atoms with van der Waals surface area (Å²) >= 11 is 12.1. The maximum atomic E-state index is 13.5. The molecule has 0 saturated carbocycles. The quantitative estimate of drug-likeness (QED) is 0.580. The van der Waals surface area contributed by atoms with Gasteiger partial charge in [0.1, 0.15) is 5.69 Å². The zero-order chi connectivity index (χ0) is 22.4. The summed E-state index contributed by atoms with van der Waals surface area (Å²) in [6.07, 6.45) is 4.08. The van der Waals surface area contributed by atoms with E-state index in [1.165, 1.54) is 0 Å². The van der Waals surface area contributed by atoms with Crippen molar-refractivity contribution in [1.29, 1.82) is 0 Å². The van der Waals surface area contributed by atoms with Crippen molar-refractivity contribution in [3.8, 4) is 0 Å². The number of benzene rings is 1. The van der Waals surface area contributed by atoms with Crippen LogP contribution >= 0.6 is 23.2 Å². The van der Waals surface area contributed by atoms with Gasteiger partial charge in [0, 0.05) is 43.0 Å². The van der Waals surface area contributed by atoms with Crippen LogP contribution < -0.4 is 0 Å². The van der Waals surface area contributed by atoms with Crippen LogP contribution in [-0.2, 0) is 19.5 Å². The first-order valence-electron chi connectivity index (χ1n) is 10.5. The second-order valence-electron chi connectivity index (χ2n) is 8.06. The molecule has 5 rings (SSSR count). The van der Waals surface area contributed by atoms with Gasteiger partial charge in [-0.1, -0.05) is 23.2 Å². The Bertz CT molecular complexity index is 1210. The average Bonchev–Trinajstić information content (AvgIpc) is 3.19. The SMILES string of the molecule is CC(c1ccncc1)N1CCn2nc3c(c2C1=O)CN(C(=O)c1ccc(Cl)c(Cl)c1)CC3. The van der Waals surface area contributed by atoms with E-state index in [-0.39, 0.29) is 17.9 Å². The fraction of sp³-hybridized carbons (Fsp3) is 0.304. The lowest BCUT2D eigenvalue weighted by Gasteiger charge is -2.34. The molecule has 1 unspecified atom stereocenters. The summed E-state index contributed by atoms with van der Waals surface area (Å²) < 4.78 is 1.80. The summed E-state index contributed by atoms with van der Waals surface area (Å²) in [5.41, 5.74) is 3.82. The number of hydrogen-bond acceptors (Lipinski definition) is 4. The molecule has 1 aromatic carbocycles. The van der Waals surface area contributed by atoms with Crippen LogP contribution in [0.2, 0.25) is 10.0 Å². The van der Waals surface area contributed by atoms with Crippen LogP contribution in [0.15, 0.2) is 42.7 Å². The predicted molar refractivity (Wildman–Crippen MR) is 121 cm³/mol. The van der Waals surface area contributed by atoms with E-state index < -0.39 is 0 Å². The molecule has 2 amide bonds. The third-order valence-electron chi connectivity index (χ3n) is 6.23. The van der Waals surface area contributed by atoms with Gasteiger partial charge in [-0.05, 0) is 42.8 Å². The Morgan fingerprint density at radius 2 is 1.84 bits per heavy atom. The molecule has 9 heteroatoms. The molecule has 2 aliphatic rings. The molecule has 2 aromatic heterocycles. The van der Waals surface area contributed by atoms with E-state index in [1.807, 2.05) is 24.0 Å². The topological polar surface area (TPSA) is 71.3 Å². The fourth-order valence-corrected chi connectivity index (χ4v) is 4.74. The number of aromatic nitrogens is 3. The van der Waals surface area contributed by atoms with Crippen LogP contribution in [0, 0.1) is 0 Å². The molecule has 0 N–H and O–H groups in total. The number of carbonyl (C=O) groups excluding carboxylic acids is 2.